The van der Waals surface area contributed by atoms with Gasteiger partial charge in [-0.25, -0.2) is 8.42 Å². The molecule has 1 aromatic heterocycles. The molecule has 6 nitrogen and oxygen atoms in total. The first-order chi connectivity index (χ1) is 8.49. The molecule has 0 aliphatic heterocycles. The Balaban J connectivity index is 2.24. The molecule has 0 aliphatic rings. The summed E-state index contributed by atoms with van der Waals surface area (Å²) in [6, 6.07) is 6.09. The van der Waals surface area contributed by atoms with Gasteiger partial charge in [0.25, 0.3) is 0 Å². The van der Waals surface area contributed by atoms with Gasteiger partial charge in [-0.1, -0.05) is 6.07 Å². The predicted molar refractivity (Wildman–Crippen MR) is 64.0 cm³/mol. The molecule has 2 aromatic rings. The fraction of sp³-hybridized carbons (Fsp3) is 0.182. The monoisotopic (exact) mass is 268 g/mol. The normalized spacial score (nSPS) is 11.4. The van der Waals surface area contributed by atoms with Gasteiger partial charge < -0.3 is 14.9 Å². The van der Waals surface area contributed by atoms with Crippen LogP contribution in [-0.4, -0.2) is 19.7 Å². The van der Waals surface area contributed by atoms with Crippen molar-refractivity contribution in [1.82, 2.24) is 4.98 Å². The molecule has 0 amide bonds. The van der Waals surface area contributed by atoms with Crippen LogP contribution in [-0.2, 0) is 16.4 Å². The number of ether oxygens (including phenoxy) is 1. The Kier molecular flexibility index (Phi) is 3.35. The molecule has 0 unspecified atom stereocenters. The minimum Gasteiger partial charge on any atom is -0.417 e. The number of nitrogens with zero attached hydrogens (tertiary/aromatic N) is 1. The lowest BCUT2D eigenvalue weighted by Gasteiger charge is -2.02. The van der Waals surface area contributed by atoms with Crippen LogP contribution in [0.15, 0.2) is 39.8 Å². The minimum absolute atomic E-state index is 0.0288. The second-order valence-electron chi connectivity index (χ2n) is 3.66. The molecule has 0 fully saturated rings. The molecule has 0 radical (unpaired) electrons. The average molecular weight is 268 g/mol. The van der Waals surface area contributed by atoms with Crippen LogP contribution in [0.2, 0.25) is 0 Å². The second kappa shape index (κ2) is 4.79. The van der Waals surface area contributed by atoms with E-state index in [1.54, 1.807) is 12.1 Å². The van der Waals surface area contributed by atoms with E-state index in [0.29, 0.717) is 11.4 Å². The van der Waals surface area contributed by atoms with E-state index < -0.39 is 9.84 Å². The molecule has 2 rings (SSSR count). The number of hydrogen-bond acceptors (Lipinski definition) is 6. The van der Waals surface area contributed by atoms with Gasteiger partial charge in [-0.2, -0.15) is 4.98 Å². The lowest BCUT2D eigenvalue weighted by atomic mass is 10.3. The quantitative estimate of drug-likeness (QED) is 0.898. The Labute approximate surface area is 104 Å². The van der Waals surface area contributed by atoms with Gasteiger partial charge in [-0.05, 0) is 18.2 Å². The van der Waals surface area contributed by atoms with Crippen molar-refractivity contribution < 1.29 is 17.6 Å². The number of aromatic nitrogens is 1. The summed E-state index contributed by atoms with van der Waals surface area (Å²) in [5.74, 6) is 0.336. The van der Waals surface area contributed by atoms with Crippen LogP contribution in [0.1, 0.15) is 5.69 Å². The van der Waals surface area contributed by atoms with Crippen LogP contribution in [0.3, 0.4) is 0 Å². The van der Waals surface area contributed by atoms with Gasteiger partial charge in [-0.3, -0.25) is 0 Å². The van der Waals surface area contributed by atoms with Crippen molar-refractivity contribution in [3.63, 3.8) is 0 Å². The van der Waals surface area contributed by atoms with Gasteiger partial charge in [-0.15, -0.1) is 0 Å². The van der Waals surface area contributed by atoms with Gasteiger partial charge in [0.15, 0.2) is 9.84 Å². The van der Waals surface area contributed by atoms with E-state index in [4.69, 9.17) is 14.9 Å². The molecule has 1 heterocycles. The summed E-state index contributed by atoms with van der Waals surface area (Å²) in [6.07, 6.45) is 2.54. The van der Waals surface area contributed by atoms with Crippen molar-refractivity contribution in [2.75, 3.05) is 6.26 Å². The molecule has 0 atom stereocenters. The summed E-state index contributed by atoms with van der Waals surface area (Å²) < 4.78 is 33.1. The van der Waals surface area contributed by atoms with E-state index in [1.165, 1.54) is 18.4 Å². The zero-order chi connectivity index (χ0) is 13.2. The van der Waals surface area contributed by atoms with Crippen molar-refractivity contribution in [2.24, 2.45) is 5.73 Å². The highest BCUT2D eigenvalue weighted by Gasteiger charge is 2.10. The molecule has 96 valence electrons. The van der Waals surface area contributed by atoms with Crippen LogP contribution >= 0.6 is 0 Å². The van der Waals surface area contributed by atoms with Gasteiger partial charge in [0, 0.05) is 12.8 Å². The second-order valence-corrected chi connectivity index (χ2v) is 5.67. The topological polar surface area (TPSA) is 95.4 Å². The van der Waals surface area contributed by atoms with E-state index >= 15 is 0 Å². The first-order valence-corrected chi connectivity index (χ1v) is 7.00. The van der Waals surface area contributed by atoms with Crippen LogP contribution in [0.4, 0.5) is 0 Å². The van der Waals surface area contributed by atoms with Crippen molar-refractivity contribution >= 4 is 9.84 Å². The van der Waals surface area contributed by atoms with E-state index in [1.807, 2.05) is 0 Å². The third kappa shape index (κ3) is 2.88. The van der Waals surface area contributed by atoms with E-state index in [0.717, 1.165) is 6.26 Å². The number of rotatable bonds is 4. The number of oxazole rings is 1. The molecule has 2 N–H and O–H groups in total. The molecular weight excluding hydrogens is 256 g/mol. The Morgan fingerprint density at radius 2 is 2.22 bits per heavy atom. The zero-order valence-corrected chi connectivity index (χ0v) is 10.5. The fourth-order valence-electron chi connectivity index (χ4n) is 1.30. The maximum Gasteiger partial charge on any atom is 0.399 e. The molecular formula is C11H12N2O4S. The Morgan fingerprint density at radius 1 is 1.44 bits per heavy atom. The number of benzene rings is 1. The molecule has 0 spiro atoms. The highest BCUT2D eigenvalue weighted by molar-refractivity contribution is 7.90. The van der Waals surface area contributed by atoms with Gasteiger partial charge in [0.05, 0.1) is 10.6 Å². The first-order valence-electron chi connectivity index (χ1n) is 5.11. The Hall–Kier alpha value is -1.86. The predicted octanol–water partition coefficient (Wildman–Crippen LogP) is 1.33. The number of sulfone groups is 1. The summed E-state index contributed by atoms with van der Waals surface area (Å²) in [4.78, 5) is 4.12. The van der Waals surface area contributed by atoms with Gasteiger partial charge in [0.1, 0.15) is 12.0 Å². The molecule has 7 heteroatoms. The summed E-state index contributed by atoms with van der Waals surface area (Å²) in [5.41, 5.74) is 5.94. The average Bonchev–Trinajstić information content (AvgIpc) is 2.76. The third-order valence-electron chi connectivity index (χ3n) is 2.18. The van der Waals surface area contributed by atoms with E-state index in [-0.39, 0.29) is 17.5 Å². The molecule has 0 saturated carbocycles. The van der Waals surface area contributed by atoms with Crippen molar-refractivity contribution in [3.05, 3.63) is 36.2 Å². The largest absolute Gasteiger partial charge is 0.417 e. The lowest BCUT2D eigenvalue weighted by molar-refractivity contribution is 0.330. The molecule has 1 aromatic carbocycles. The number of nitrogens with two attached hydrogens (primary N) is 1. The highest BCUT2D eigenvalue weighted by atomic mass is 32.2. The Morgan fingerprint density at radius 3 is 2.83 bits per heavy atom. The number of hydrogen-bond donors (Lipinski definition) is 1. The molecule has 0 aliphatic carbocycles. The van der Waals surface area contributed by atoms with Gasteiger partial charge >= 0.3 is 6.08 Å². The fourth-order valence-corrected chi connectivity index (χ4v) is 1.95. The maximum atomic E-state index is 11.4. The smallest absolute Gasteiger partial charge is 0.399 e. The summed E-state index contributed by atoms with van der Waals surface area (Å²) >= 11 is 0. The van der Waals surface area contributed by atoms with Crippen LogP contribution < -0.4 is 10.5 Å². The molecule has 0 bridgehead atoms. The van der Waals surface area contributed by atoms with Crippen LogP contribution in [0.25, 0.3) is 0 Å². The first kappa shape index (κ1) is 12.6. The standard InChI is InChI=1S/C11H12N2O4S/c1-18(14,15)10-4-2-3-9(5-10)17-11-13-8(6-12)7-16-11/h2-5,7H,6,12H2,1H3. The zero-order valence-electron chi connectivity index (χ0n) is 9.66. The SMILES string of the molecule is CS(=O)(=O)c1cccc(Oc2nc(CN)co2)c1. The van der Waals surface area contributed by atoms with Crippen molar-refractivity contribution in [1.29, 1.82) is 0 Å². The summed E-state index contributed by atoms with van der Waals surface area (Å²) in [5, 5.41) is 0. The van der Waals surface area contributed by atoms with E-state index in [9.17, 15) is 8.42 Å². The molecule has 0 saturated heterocycles. The Bertz CT molecular complexity index is 649. The van der Waals surface area contributed by atoms with Crippen LogP contribution in [0.5, 0.6) is 11.8 Å². The minimum atomic E-state index is -3.27. The summed E-state index contributed by atoms with van der Waals surface area (Å²) in [7, 11) is -3.27. The van der Waals surface area contributed by atoms with Crippen LogP contribution in [0, 0.1) is 0 Å². The maximum absolute atomic E-state index is 11.4. The van der Waals surface area contributed by atoms with Gasteiger partial charge in [0.2, 0.25) is 0 Å². The van der Waals surface area contributed by atoms with Crippen molar-refractivity contribution in [2.45, 2.75) is 11.4 Å². The highest BCUT2D eigenvalue weighted by Crippen LogP contribution is 2.23. The van der Waals surface area contributed by atoms with Crippen molar-refractivity contribution in [3.8, 4) is 11.8 Å². The third-order valence-corrected chi connectivity index (χ3v) is 3.29. The lowest BCUT2D eigenvalue weighted by Crippen LogP contribution is -1.97. The summed E-state index contributed by atoms with van der Waals surface area (Å²) in [6.45, 7) is 0.246. The molecule has 18 heavy (non-hydrogen) atoms. The van der Waals surface area contributed by atoms with E-state index in [2.05, 4.69) is 4.98 Å².